The Hall–Kier alpha value is -2.04. The Labute approximate surface area is 150 Å². The van der Waals surface area contributed by atoms with Crippen molar-refractivity contribution in [3.8, 4) is 11.5 Å². The zero-order valence-electron chi connectivity index (χ0n) is 15.0. The largest absolute Gasteiger partial charge is 0.493 e. The molecule has 4 heteroatoms. The van der Waals surface area contributed by atoms with Gasteiger partial charge in [0, 0.05) is 12.6 Å². The molecule has 1 fully saturated rings. The average Bonchev–Trinajstić information content (AvgIpc) is 2.67. The Kier molecular flexibility index (Phi) is 6.31. The minimum Gasteiger partial charge on any atom is -0.493 e. The van der Waals surface area contributed by atoms with Gasteiger partial charge in [-0.25, -0.2) is 0 Å². The lowest BCUT2D eigenvalue weighted by molar-refractivity contribution is 0.215. The van der Waals surface area contributed by atoms with Crippen LogP contribution in [0.3, 0.4) is 0 Å². The summed E-state index contributed by atoms with van der Waals surface area (Å²) in [6.07, 6.45) is 3.23. The molecule has 0 aromatic heterocycles. The van der Waals surface area contributed by atoms with Crippen molar-refractivity contribution in [1.82, 2.24) is 4.90 Å². The minimum atomic E-state index is 0.386. The van der Waals surface area contributed by atoms with E-state index in [4.69, 9.17) is 15.2 Å². The van der Waals surface area contributed by atoms with Crippen molar-refractivity contribution in [1.29, 1.82) is 0 Å². The van der Waals surface area contributed by atoms with E-state index in [1.165, 1.54) is 5.56 Å². The first-order valence-corrected chi connectivity index (χ1v) is 9.06. The average molecular weight is 340 g/mol. The number of nitrogens with two attached hydrogens (primary N) is 1. The van der Waals surface area contributed by atoms with E-state index >= 15 is 0 Å². The van der Waals surface area contributed by atoms with Crippen LogP contribution in [0, 0.1) is 0 Å². The predicted molar refractivity (Wildman–Crippen MR) is 101 cm³/mol. The van der Waals surface area contributed by atoms with E-state index in [9.17, 15) is 0 Å². The highest BCUT2D eigenvalue weighted by atomic mass is 16.5. The van der Waals surface area contributed by atoms with Crippen LogP contribution in [-0.4, -0.2) is 37.7 Å². The van der Waals surface area contributed by atoms with Gasteiger partial charge in [0.2, 0.25) is 0 Å². The summed E-state index contributed by atoms with van der Waals surface area (Å²) in [7, 11) is 1.69. The fraction of sp³-hybridized carbons (Fsp3) is 0.429. The molecule has 0 bridgehead atoms. The summed E-state index contributed by atoms with van der Waals surface area (Å²) in [4.78, 5) is 2.50. The summed E-state index contributed by atoms with van der Waals surface area (Å²) in [5.41, 5.74) is 8.40. The highest BCUT2D eigenvalue weighted by molar-refractivity contribution is 5.43. The van der Waals surface area contributed by atoms with E-state index < -0.39 is 0 Å². The second-order valence-corrected chi connectivity index (χ2v) is 6.69. The lowest BCUT2D eigenvalue weighted by atomic mass is 10.0. The van der Waals surface area contributed by atoms with Crippen molar-refractivity contribution in [3.05, 3.63) is 59.7 Å². The maximum Gasteiger partial charge on any atom is 0.161 e. The Morgan fingerprint density at radius 1 is 1.00 bits per heavy atom. The second-order valence-electron chi connectivity index (χ2n) is 6.69. The first kappa shape index (κ1) is 17.8. The molecule has 1 aliphatic rings. The molecule has 2 aromatic rings. The van der Waals surface area contributed by atoms with Gasteiger partial charge in [0.05, 0.1) is 7.11 Å². The molecule has 2 N–H and O–H groups in total. The van der Waals surface area contributed by atoms with Crippen LogP contribution < -0.4 is 15.2 Å². The smallest absolute Gasteiger partial charge is 0.161 e. The van der Waals surface area contributed by atoms with Crippen LogP contribution in [0.15, 0.2) is 48.5 Å². The van der Waals surface area contributed by atoms with Gasteiger partial charge in [-0.05, 0) is 55.6 Å². The summed E-state index contributed by atoms with van der Waals surface area (Å²) in [6.45, 7) is 3.83. The molecule has 4 nitrogen and oxygen atoms in total. The van der Waals surface area contributed by atoms with Crippen LogP contribution in [-0.2, 0) is 13.0 Å². The third kappa shape index (κ3) is 5.21. The van der Waals surface area contributed by atoms with Gasteiger partial charge in [0.1, 0.15) is 6.61 Å². The van der Waals surface area contributed by atoms with Crippen LogP contribution in [0.4, 0.5) is 0 Å². The highest BCUT2D eigenvalue weighted by Gasteiger charge is 2.15. The van der Waals surface area contributed by atoms with E-state index in [0.29, 0.717) is 12.6 Å². The second kappa shape index (κ2) is 8.88. The van der Waals surface area contributed by atoms with Gasteiger partial charge in [-0.2, -0.15) is 0 Å². The lowest BCUT2D eigenvalue weighted by Gasteiger charge is -2.30. The molecule has 0 unspecified atom stereocenters. The maximum absolute atomic E-state index is 5.97. The molecule has 0 spiro atoms. The quantitative estimate of drug-likeness (QED) is 0.840. The van der Waals surface area contributed by atoms with Crippen molar-refractivity contribution in [2.45, 2.75) is 31.9 Å². The van der Waals surface area contributed by atoms with Crippen LogP contribution in [0.25, 0.3) is 0 Å². The molecule has 0 amide bonds. The number of methoxy groups -OCH3 is 1. The van der Waals surface area contributed by atoms with Crippen molar-refractivity contribution in [2.75, 3.05) is 26.7 Å². The van der Waals surface area contributed by atoms with Gasteiger partial charge in [0.25, 0.3) is 0 Å². The van der Waals surface area contributed by atoms with Gasteiger partial charge in [0.15, 0.2) is 11.5 Å². The van der Waals surface area contributed by atoms with E-state index in [1.54, 1.807) is 7.11 Å². The molecule has 0 saturated carbocycles. The molecule has 1 heterocycles. The fourth-order valence-corrected chi connectivity index (χ4v) is 3.19. The first-order chi connectivity index (χ1) is 12.2. The van der Waals surface area contributed by atoms with E-state index in [-0.39, 0.29) is 0 Å². The Bertz CT molecular complexity index is 652. The van der Waals surface area contributed by atoms with E-state index in [2.05, 4.69) is 29.2 Å². The van der Waals surface area contributed by atoms with Crippen LogP contribution >= 0.6 is 0 Å². The lowest BCUT2D eigenvalue weighted by Crippen LogP contribution is -2.40. The minimum absolute atomic E-state index is 0.386. The Balaban J connectivity index is 1.55. The molecule has 0 radical (unpaired) electrons. The summed E-state index contributed by atoms with van der Waals surface area (Å²) in [6, 6.07) is 16.8. The zero-order chi connectivity index (χ0) is 17.5. The summed E-state index contributed by atoms with van der Waals surface area (Å²) >= 11 is 0. The maximum atomic E-state index is 5.97. The number of hydrogen-bond acceptors (Lipinski definition) is 4. The van der Waals surface area contributed by atoms with Crippen molar-refractivity contribution < 1.29 is 9.47 Å². The molecule has 2 aromatic carbocycles. The summed E-state index contributed by atoms with van der Waals surface area (Å²) in [5, 5.41) is 0. The Morgan fingerprint density at radius 2 is 1.76 bits per heavy atom. The van der Waals surface area contributed by atoms with Crippen molar-refractivity contribution in [3.63, 3.8) is 0 Å². The summed E-state index contributed by atoms with van der Waals surface area (Å²) in [5.74, 6) is 1.59. The molecule has 0 atom stereocenters. The van der Waals surface area contributed by atoms with Gasteiger partial charge < -0.3 is 20.1 Å². The van der Waals surface area contributed by atoms with Gasteiger partial charge >= 0.3 is 0 Å². The molecule has 1 aliphatic heterocycles. The Morgan fingerprint density at radius 3 is 2.48 bits per heavy atom. The SMILES string of the molecule is COc1cc(CCN2CCC(N)CC2)ccc1OCc1ccccc1. The first-order valence-electron chi connectivity index (χ1n) is 9.06. The zero-order valence-corrected chi connectivity index (χ0v) is 15.0. The normalized spacial score (nSPS) is 15.9. The number of hydrogen-bond donors (Lipinski definition) is 1. The molecule has 0 aliphatic carbocycles. The monoisotopic (exact) mass is 340 g/mol. The van der Waals surface area contributed by atoms with E-state index in [0.717, 1.165) is 56.0 Å². The molecule has 1 saturated heterocycles. The van der Waals surface area contributed by atoms with Crippen molar-refractivity contribution >= 4 is 0 Å². The number of ether oxygens (including phenoxy) is 2. The topological polar surface area (TPSA) is 47.7 Å². The van der Waals surface area contributed by atoms with Crippen LogP contribution in [0.2, 0.25) is 0 Å². The van der Waals surface area contributed by atoms with Gasteiger partial charge in [-0.15, -0.1) is 0 Å². The molecular formula is C21H28N2O2. The van der Waals surface area contributed by atoms with Crippen molar-refractivity contribution in [2.24, 2.45) is 5.73 Å². The molecule has 25 heavy (non-hydrogen) atoms. The number of likely N-dealkylation sites (tertiary alicyclic amines) is 1. The molecular weight excluding hydrogens is 312 g/mol. The highest BCUT2D eigenvalue weighted by Crippen LogP contribution is 2.29. The van der Waals surface area contributed by atoms with E-state index in [1.807, 2.05) is 24.3 Å². The standard InChI is InChI=1S/C21H28N2O2/c1-24-21-15-17(9-12-23-13-10-19(22)11-14-23)7-8-20(21)25-16-18-5-3-2-4-6-18/h2-8,15,19H,9-14,16,22H2,1H3. The van der Waals surface area contributed by atoms with Crippen LogP contribution in [0.5, 0.6) is 11.5 Å². The predicted octanol–water partition coefficient (Wildman–Crippen LogP) is 3.24. The fourth-order valence-electron chi connectivity index (χ4n) is 3.19. The number of piperidine rings is 1. The van der Waals surface area contributed by atoms with Gasteiger partial charge in [-0.1, -0.05) is 36.4 Å². The molecule has 134 valence electrons. The van der Waals surface area contributed by atoms with Crippen LogP contribution in [0.1, 0.15) is 24.0 Å². The third-order valence-corrected chi connectivity index (χ3v) is 4.81. The number of benzene rings is 2. The number of rotatable bonds is 7. The molecule has 3 rings (SSSR count). The third-order valence-electron chi connectivity index (χ3n) is 4.81. The number of nitrogens with zero attached hydrogens (tertiary/aromatic N) is 1. The summed E-state index contributed by atoms with van der Waals surface area (Å²) < 4.78 is 11.5. The van der Waals surface area contributed by atoms with Gasteiger partial charge in [-0.3, -0.25) is 0 Å².